The second-order valence-electron chi connectivity index (χ2n) is 7.33. The van der Waals surface area contributed by atoms with Crippen LogP contribution in [-0.4, -0.2) is 42.5 Å². The molecule has 1 aliphatic rings. The van der Waals surface area contributed by atoms with Crippen molar-refractivity contribution < 1.29 is 31.1 Å². The molecule has 2 heterocycles. The Hall–Kier alpha value is -2.85. The summed E-state index contributed by atoms with van der Waals surface area (Å²) in [5.74, 6) is -2.79. The molecular formula is C21H19F3N2O4S. The fraction of sp³-hybridized carbons (Fsp3) is 0.286. The van der Waals surface area contributed by atoms with Crippen LogP contribution in [-0.2, 0) is 21.4 Å². The van der Waals surface area contributed by atoms with Crippen molar-refractivity contribution >= 4 is 26.9 Å². The molecule has 1 aromatic heterocycles. The van der Waals surface area contributed by atoms with Gasteiger partial charge >= 0.3 is 12.1 Å². The Morgan fingerprint density at radius 2 is 1.74 bits per heavy atom. The second kappa shape index (κ2) is 7.69. The van der Waals surface area contributed by atoms with Gasteiger partial charge in [0.15, 0.2) is 5.75 Å². The van der Waals surface area contributed by atoms with E-state index >= 15 is 0 Å². The zero-order valence-corrected chi connectivity index (χ0v) is 17.3. The number of carbonyl (C=O) groups excluding carboxylic acids is 1. The number of nitrogens with zero attached hydrogens (tertiary/aromatic N) is 2. The van der Waals surface area contributed by atoms with Crippen LogP contribution in [0.2, 0.25) is 0 Å². The second-order valence-corrected chi connectivity index (χ2v) is 9.11. The average Bonchev–Trinajstić information content (AvgIpc) is 2.97. The summed E-state index contributed by atoms with van der Waals surface area (Å²) >= 11 is 0. The first-order chi connectivity index (χ1) is 14.6. The lowest BCUT2D eigenvalue weighted by Crippen LogP contribution is -2.36. The van der Waals surface area contributed by atoms with Crippen LogP contribution in [0, 0.1) is 6.92 Å². The molecule has 1 aliphatic heterocycles. The predicted molar refractivity (Wildman–Crippen MR) is 107 cm³/mol. The van der Waals surface area contributed by atoms with E-state index in [4.69, 9.17) is 4.74 Å². The molecule has 0 N–H and O–H groups in total. The van der Waals surface area contributed by atoms with Gasteiger partial charge in [-0.25, -0.2) is 17.2 Å². The van der Waals surface area contributed by atoms with Crippen molar-refractivity contribution in [3.8, 4) is 5.75 Å². The number of likely N-dealkylation sites (tertiary alicyclic amines) is 1. The number of esters is 1. The highest BCUT2D eigenvalue weighted by atomic mass is 32.2. The number of rotatable bonds is 5. The van der Waals surface area contributed by atoms with E-state index in [0.717, 1.165) is 23.5 Å². The molecule has 31 heavy (non-hydrogen) atoms. The maximum Gasteiger partial charge on any atom is 0.491 e. The van der Waals surface area contributed by atoms with Gasteiger partial charge in [0.1, 0.15) is 0 Å². The van der Waals surface area contributed by atoms with Crippen LogP contribution in [0.3, 0.4) is 0 Å². The zero-order valence-electron chi connectivity index (χ0n) is 16.5. The summed E-state index contributed by atoms with van der Waals surface area (Å²) < 4.78 is 71.2. The maximum absolute atomic E-state index is 13.4. The average molecular weight is 452 g/mol. The van der Waals surface area contributed by atoms with E-state index in [0.29, 0.717) is 12.1 Å². The summed E-state index contributed by atoms with van der Waals surface area (Å²) in [6, 6.07) is 12.4. The van der Waals surface area contributed by atoms with Crippen molar-refractivity contribution in [3.05, 3.63) is 59.8 Å². The monoisotopic (exact) mass is 452 g/mol. The van der Waals surface area contributed by atoms with Gasteiger partial charge in [-0.05, 0) is 50.2 Å². The van der Waals surface area contributed by atoms with Gasteiger partial charge in [-0.1, -0.05) is 30.3 Å². The fourth-order valence-corrected chi connectivity index (χ4v) is 5.23. The third-order valence-electron chi connectivity index (χ3n) is 5.26. The predicted octanol–water partition coefficient (Wildman–Crippen LogP) is 3.86. The summed E-state index contributed by atoms with van der Waals surface area (Å²) in [6.07, 6.45) is -4.21. The molecule has 0 unspecified atom stereocenters. The Kier molecular flexibility index (Phi) is 5.30. The number of benzene rings is 2. The van der Waals surface area contributed by atoms with Crippen LogP contribution in [0.5, 0.6) is 5.75 Å². The molecule has 0 spiro atoms. The first-order valence-corrected chi connectivity index (χ1v) is 11.0. The lowest BCUT2D eigenvalue weighted by molar-refractivity contribution is -0.189. The molecule has 0 amide bonds. The number of carbonyl (C=O) groups is 1. The van der Waals surface area contributed by atoms with Crippen molar-refractivity contribution in [2.24, 2.45) is 0 Å². The minimum absolute atomic E-state index is 0.0307. The van der Waals surface area contributed by atoms with E-state index < -0.39 is 27.9 Å². The van der Waals surface area contributed by atoms with Crippen LogP contribution in [0.1, 0.15) is 17.7 Å². The van der Waals surface area contributed by atoms with Gasteiger partial charge in [-0.3, -0.25) is 4.90 Å². The number of hydrogen-bond acceptors (Lipinski definition) is 5. The molecular weight excluding hydrogens is 433 g/mol. The maximum atomic E-state index is 13.4. The Balaban J connectivity index is 1.96. The number of aromatic nitrogens is 1. The van der Waals surface area contributed by atoms with Crippen LogP contribution in [0.4, 0.5) is 13.2 Å². The van der Waals surface area contributed by atoms with Crippen molar-refractivity contribution in [3.63, 3.8) is 0 Å². The van der Waals surface area contributed by atoms with Gasteiger partial charge in [0.05, 0.1) is 16.1 Å². The third kappa shape index (κ3) is 3.81. The lowest BCUT2D eigenvalue weighted by Gasteiger charge is -2.30. The molecule has 164 valence electrons. The number of halogens is 3. The van der Waals surface area contributed by atoms with E-state index in [1.165, 1.54) is 25.1 Å². The van der Waals surface area contributed by atoms with Crippen molar-refractivity contribution in [1.82, 2.24) is 8.87 Å². The first-order valence-electron chi connectivity index (χ1n) is 9.55. The minimum Gasteiger partial charge on any atom is -0.417 e. The van der Waals surface area contributed by atoms with Gasteiger partial charge < -0.3 is 4.74 Å². The van der Waals surface area contributed by atoms with Crippen molar-refractivity contribution in [2.45, 2.75) is 31.0 Å². The molecule has 1 fully saturated rings. The van der Waals surface area contributed by atoms with E-state index in [-0.39, 0.29) is 21.5 Å². The summed E-state index contributed by atoms with van der Waals surface area (Å²) in [5, 5.41) is 0.184. The number of hydrogen-bond donors (Lipinski definition) is 0. The molecule has 10 heteroatoms. The molecule has 0 aliphatic carbocycles. The molecule has 2 aromatic carbocycles. The summed E-state index contributed by atoms with van der Waals surface area (Å²) in [7, 11) is -4.15. The molecule has 6 nitrogen and oxygen atoms in total. The topological polar surface area (TPSA) is 68.6 Å². The summed E-state index contributed by atoms with van der Waals surface area (Å²) in [6.45, 7) is 3.39. The quantitative estimate of drug-likeness (QED) is 0.550. The van der Waals surface area contributed by atoms with Crippen LogP contribution < -0.4 is 4.74 Å². The molecule has 0 atom stereocenters. The molecule has 0 saturated carbocycles. The number of ether oxygens (including phenoxy) is 1. The molecule has 3 aromatic rings. The molecule has 1 saturated heterocycles. The van der Waals surface area contributed by atoms with Crippen molar-refractivity contribution in [1.29, 1.82) is 0 Å². The molecule has 4 rings (SSSR count). The molecule has 0 bridgehead atoms. The zero-order chi connectivity index (χ0) is 22.4. The summed E-state index contributed by atoms with van der Waals surface area (Å²) in [4.78, 5) is 13.7. The van der Waals surface area contributed by atoms with Gasteiger partial charge in [-0.2, -0.15) is 13.2 Å². The standard InChI is InChI=1S/C21H19F3N2O4S/c1-14-19(30-20(27)21(22,23)24)18-15(13-25-11-6-12-25)7-5-10-17(18)26(14)31(28,29)16-8-3-2-4-9-16/h2-5,7-10H,6,11-13H2,1H3. The van der Waals surface area contributed by atoms with Crippen LogP contribution in [0.25, 0.3) is 10.9 Å². The molecule has 0 radical (unpaired) electrons. The Bertz CT molecular complexity index is 1250. The highest BCUT2D eigenvalue weighted by Gasteiger charge is 2.42. The smallest absolute Gasteiger partial charge is 0.417 e. The van der Waals surface area contributed by atoms with E-state index in [1.807, 2.05) is 0 Å². The van der Waals surface area contributed by atoms with Crippen LogP contribution in [0.15, 0.2) is 53.4 Å². The van der Waals surface area contributed by atoms with Gasteiger partial charge in [-0.15, -0.1) is 0 Å². The van der Waals surface area contributed by atoms with E-state index in [1.54, 1.807) is 30.3 Å². The summed E-state index contributed by atoms with van der Waals surface area (Å²) in [5.41, 5.74) is 0.643. The Morgan fingerprint density at radius 3 is 2.32 bits per heavy atom. The number of fused-ring (bicyclic) bond motifs is 1. The van der Waals surface area contributed by atoms with Crippen molar-refractivity contribution in [2.75, 3.05) is 13.1 Å². The van der Waals surface area contributed by atoms with E-state index in [2.05, 4.69) is 4.90 Å². The highest BCUT2D eigenvalue weighted by molar-refractivity contribution is 7.90. The minimum atomic E-state index is -5.22. The fourth-order valence-electron chi connectivity index (χ4n) is 3.67. The van der Waals surface area contributed by atoms with Crippen LogP contribution >= 0.6 is 0 Å². The van der Waals surface area contributed by atoms with Gasteiger partial charge in [0.25, 0.3) is 10.0 Å². The lowest BCUT2D eigenvalue weighted by atomic mass is 10.1. The largest absolute Gasteiger partial charge is 0.491 e. The first kappa shape index (κ1) is 21.4. The Labute approximate surface area is 176 Å². The normalized spacial score (nSPS) is 15.1. The third-order valence-corrected chi connectivity index (χ3v) is 7.08. The Morgan fingerprint density at radius 1 is 1.06 bits per heavy atom. The van der Waals surface area contributed by atoms with Gasteiger partial charge in [0.2, 0.25) is 0 Å². The SMILES string of the molecule is Cc1c(OC(=O)C(F)(F)F)c2c(CN3CCC3)cccc2n1S(=O)(=O)c1ccccc1. The number of alkyl halides is 3. The van der Waals surface area contributed by atoms with Gasteiger partial charge in [0, 0.05) is 11.9 Å². The highest BCUT2D eigenvalue weighted by Crippen LogP contribution is 2.39. The van der Waals surface area contributed by atoms with E-state index in [9.17, 15) is 26.4 Å².